The van der Waals surface area contributed by atoms with E-state index in [2.05, 4.69) is 40.6 Å². The van der Waals surface area contributed by atoms with E-state index in [0.717, 1.165) is 42.3 Å². The summed E-state index contributed by atoms with van der Waals surface area (Å²) < 4.78 is 5.81. The standard InChI is InChI=1S/C19H29N3O/c1-3-4-5-6-7-8-13-23-18-11-9-16(10-12-18)19-14-17(15-20-2)21-22-19/h9-12,14,20H,3-8,13,15H2,1-2H3,(H,21,22). The van der Waals surface area contributed by atoms with Crippen LogP contribution in [0.15, 0.2) is 30.3 Å². The van der Waals surface area contributed by atoms with Gasteiger partial charge in [0.25, 0.3) is 0 Å². The minimum absolute atomic E-state index is 0.798. The molecule has 0 saturated carbocycles. The highest BCUT2D eigenvalue weighted by Gasteiger charge is 2.04. The molecule has 0 saturated heterocycles. The highest BCUT2D eigenvalue weighted by atomic mass is 16.5. The Morgan fingerprint density at radius 1 is 1.04 bits per heavy atom. The van der Waals surface area contributed by atoms with E-state index in [0.29, 0.717) is 0 Å². The second-order valence-corrected chi connectivity index (χ2v) is 5.95. The molecule has 0 aliphatic heterocycles. The number of aromatic nitrogens is 2. The summed E-state index contributed by atoms with van der Waals surface area (Å²) in [5.74, 6) is 0.938. The number of nitrogens with zero attached hydrogens (tertiary/aromatic N) is 1. The predicted octanol–water partition coefficient (Wildman–Crippen LogP) is 4.54. The summed E-state index contributed by atoms with van der Waals surface area (Å²) in [6.45, 7) is 3.85. The average molecular weight is 315 g/mol. The van der Waals surface area contributed by atoms with E-state index >= 15 is 0 Å². The highest BCUT2D eigenvalue weighted by Crippen LogP contribution is 2.21. The number of hydrogen-bond donors (Lipinski definition) is 2. The van der Waals surface area contributed by atoms with Crippen LogP contribution in [0.4, 0.5) is 0 Å². The van der Waals surface area contributed by atoms with Gasteiger partial charge in [0.1, 0.15) is 5.75 Å². The zero-order chi connectivity index (χ0) is 16.3. The molecule has 0 bridgehead atoms. The summed E-state index contributed by atoms with van der Waals surface area (Å²) >= 11 is 0. The van der Waals surface area contributed by atoms with Crippen molar-refractivity contribution in [2.24, 2.45) is 0 Å². The van der Waals surface area contributed by atoms with Crippen molar-refractivity contribution in [3.8, 4) is 17.0 Å². The van der Waals surface area contributed by atoms with Crippen molar-refractivity contribution < 1.29 is 4.74 Å². The molecule has 23 heavy (non-hydrogen) atoms. The van der Waals surface area contributed by atoms with Crippen LogP contribution in [0.2, 0.25) is 0 Å². The molecule has 0 amide bonds. The van der Waals surface area contributed by atoms with Crippen molar-refractivity contribution in [2.75, 3.05) is 13.7 Å². The number of rotatable bonds is 11. The Balaban J connectivity index is 1.73. The van der Waals surface area contributed by atoms with E-state index in [1.807, 2.05) is 19.2 Å². The largest absolute Gasteiger partial charge is 0.494 e. The maximum Gasteiger partial charge on any atom is 0.119 e. The van der Waals surface area contributed by atoms with Crippen molar-refractivity contribution in [2.45, 2.75) is 52.0 Å². The van der Waals surface area contributed by atoms with Gasteiger partial charge in [0.05, 0.1) is 12.3 Å². The normalized spacial score (nSPS) is 10.9. The molecule has 0 unspecified atom stereocenters. The maximum absolute atomic E-state index is 5.81. The molecule has 1 aromatic heterocycles. The molecule has 126 valence electrons. The van der Waals surface area contributed by atoms with Crippen LogP contribution in [0.5, 0.6) is 5.75 Å². The summed E-state index contributed by atoms with van der Waals surface area (Å²) in [5.41, 5.74) is 3.17. The van der Waals surface area contributed by atoms with E-state index in [-0.39, 0.29) is 0 Å². The molecule has 0 aliphatic rings. The molecular weight excluding hydrogens is 286 g/mol. The SMILES string of the molecule is CCCCCCCCOc1ccc(-c2cc(CNC)[nH]n2)cc1. The van der Waals surface area contributed by atoms with E-state index in [4.69, 9.17) is 4.74 Å². The van der Waals surface area contributed by atoms with Gasteiger partial charge in [0.2, 0.25) is 0 Å². The fourth-order valence-corrected chi connectivity index (χ4v) is 2.58. The van der Waals surface area contributed by atoms with Crippen LogP contribution in [0.25, 0.3) is 11.3 Å². The van der Waals surface area contributed by atoms with Gasteiger partial charge < -0.3 is 10.1 Å². The topological polar surface area (TPSA) is 49.9 Å². The third-order valence-corrected chi connectivity index (χ3v) is 3.91. The molecule has 1 aromatic carbocycles. The first-order chi connectivity index (χ1) is 11.3. The number of nitrogens with one attached hydrogen (secondary N) is 2. The molecule has 4 heteroatoms. The van der Waals surface area contributed by atoms with Crippen molar-refractivity contribution >= 4 is 0 Å². The van der Waals surface area contributed by atoms with Gasteiger partial charge in [0, 0.05) is 17.8 Å². The van der Waals surface area contributed by atoms with Gasteiger partial charge in [-0.05, 0) is 43.8 Å². The molecule has 0 radical (unpaired) electrons. The molecule has 0 fully saturated rings. The van der Waals surface area contributed by atoms with Crippen molar-refractivity contribution in [1.29, 1.82) is 0 Å². The molecule has 2 aromatic rings. The number of H-pyrrole nitrogens is 1. The first-order valence-corrected chi connectivity index (χ1v) is 8.75. The van der Waals surface area contributed by atoms with Crippen LogP contribution in [0, 0.1) is 0 Å². The van der Waals surface area contributed by atoms with Gasteiger partial charge in [-0.2, -0.15) is 5.10 Å². The molecular formula is C19H29N3O. The predicted molar refractivity (Wildman–Crippen MR) is 95.7 cm³/mol. The molecule has 1 heterocycles. The van der Waals surface area contributed by atoms with Crippen molar-refractivity contribution in [1.82, 2.24) is 15.5 Å². The van der Waals surface area contributed by atoms with E-state index in [9.17, 15) is 0 Å². The minimum atomic E-state index is 0.798. The zero-order valence-corrected chi connectivity index (χ0v) is 14.4. The summed E-state index contributed by atoms with van der Waals surface area (Å²) in [6, 6.07) is 10.3. The lowest BCUT2D eigenvalue weighted by molar-refractivity contribution is 0.304. The fourth-order valence-electron chi connectivity index (χ4n) is 2.58. The molecule has 0 atom stereocenters. The number of aromatic amines is 1. The Morgan fingerprint density at radius 3 is 2.52 bits per heavy atom. The Bertz CT molecular complexity index is 548. The second kappa shape index (κ2) is 10.1. The Hall–Kier alpha value is -1.81. The van der Waals surface area contributed by atoms with Crippen LogP contribution in [-0.2, 0) is 6.54 Å². The van der Waals surface area contributed by atoms with Crippen LogP contribution >= 0.6 is 0 Å². The summed E-state index contributed by atoms with van der Waals surface area (Å²) in [5, 5.41) is 10.5. The van der Waals surface area contributed by atoms with Gasteiger partial charge in [-0.3, -0.25) is 5.10 Å². The van der Waals surface area contributed by atoms with Crippen molar-refractivity contribution in [3.05, 3.63) is 36.0 Å². The molecule has 2 N–H and O–H groups in total. The van der Waals surface area contributed by atoms with E-state index < -0.39 is 0 Å². The van der Waals surface area contributed by atoms with Crippen LogP contribution in [-0.4, -0.2) is 23.9 Å². The van der Waals surface area contributed by atoms with Crippen LogP contribution in [0.3, 0.4) is 0 Å². The van der Waals surface area contributed by atoms with E-state index in [1.54, 1.807) is 0 Å². The van der Waals surface area contributed by atoms with Gasteiger partial charge in [0.15, 0.2) is 0 Å². The molecule has 2 rings (SSSR count). The molecule has 4 nitrogen and oxygen atoms in total. The summed E-state index contributed by atoms with van der Waals surface area (Å²) in [4.78, 5) is 0. The van der Waals surface area contributed by atoms with Gasteiger partial charge in [-0.25, -0.2) is 0 Å². The minimum Gasteiger partial charge on any atom is -0.494 e. The summed E-state index contributed by atoms with van der Waals surface area (Å²) in [6.07, 6.45) is 7.73. The zero-order valence-electron chi connectivity index (χ0n) is 14.4. The first-order valence-electron chi connectivity index (χ1n) is 8.75. The van der Waals surface area contributed by atoms with Crippen molar-refractivity contribution in [3.63, 3.8) is 0 Å². The third kappa shape index (κ3) is 6.06. The average Bonchev–Trinajstić information content (AvgIpc) is 3.04. The van der Waals surface area contributed by atoms with Gasteiger partial charge in [-0.15, -0.1) is 0 Å². The van der Waals surface area contributed by atoms with Crippen LogP contribution in [0.1, 0.15) is 51.1 Å². The Kier molecular flexibility index (Phi) is 7.67. The fraction of sp³-hybridized carbons (Fsp3) is 0.526. The second-order valence-electron chi connectivity index (χ2n) is 5.95. The lowest BCUT2D eigenvalue weighted by atomic mass is 10.1. The molecule has 0 spiro atoms. The highest BCUT2D eigenvalue weighted by molar-refractivity contribution is 5.60. The Morgan fingerprint density at radius 2 is 1.78 bits per heavy atom. The third-order valence-electron chi connectivity index (χ3n) is 3.91. The molecule has 0 aliphatic carbocycles. The smallest absolute Gasteiger partial charge is 0.119 e. The number of hydrogen-bond acceptors (Lipinski definition) is 3. The van der Waals surface area contributed by atoms with Gasteiger partial charge >= 0.3 is 0 Å². The first kappa shape index (κ1) is 17.5. The van der Waals surface area contributed by atoms with Crippen LogP contribution < -0.4 is 10.1 Å². The maximum atomic E-state index is 5.81. The lowest BCUT2D eigenvalue weighted by Gasteiger charge is -2.06. The number of ether oxygens (including phenoxy) is 1. The van der Waals surface area contributed by atoms with Gasteiger partial charge in [-0.1, -0.05) is 39.0 Å². The number of unbranched alkanes of at least 4 members (excludes halogenated alkanes) is 5. The quantitative estimate of drug-likeness (QED) is 0.599. The monoisotopic (exact) mass is 315 g/mol. The Labute approximate surface area is 139 Å². The van der Waals surface area contributed by atoms with E-state index in [1.165, 1.54) is 32.1 Å². The summed E-state index contributed by atoms with van der Waals surface area (Å²) in [7, 11) is 1.93. The number of benzene rings is 1. The lowest BCUT2D eigenvalue weighted by Crippen LogP contribution is -2.04.